The van der Waals surface area contributed by atoms with Crippen LogP contribution in [-0.4, -0.2) is 6.21 Å². The maximum Gasteiger partial charge on any atom is 0.142 e. The van der Waals surface area contributed by atoms with Crippen LogP contribution in [0.2, 0.25) is 5.02 Å². The van der Waals surface area contributed by atoms with Crippen LogP contribution in [0.4, 0.5) is 5.69 Å². The minimum atomic E-state index is 0.424. The molecule has 0 aliphatic heterocycles. The summed E-state index contributed by atoms with van der Waals surface area (Å²) >= 11 is 13.1. The highest BCUT2D eigenvalue weighted by Gasteiger charge is 2.09. The lowest BCUT2D eigenvalue weighted by Gasteiger charge is -2.12. The fourth-order valence-electron chi connectivity index (χ4n) is 2.27. The summed E-state index contributed by atoms with van der Waals surface area (Å²) < 4.78 is 7.84. The van der Waals surface area contributed by atoms with E-state index in [1.807, 2.05) is 66.7 Å². The predicted octanol–water partition coefficient (Wildman–Crippen LogP) is 7.19. The third-order valence-corrected chi connectivity index (χ3v) is 4.70. The molecule has 0 heterocycles. The van der Waals surface area contributed by atoms with Crippen LogP contribution >= 0.6 is 43.5 Å². The average Bonchev–Trinajstić information content (AvgIpc) is 2.60. The SMILES string of the molecule is Clc1cccc(COc2c(Br)cc(Br)cc2C=Nc2ccccc2)c1. The second kappa shape index (κ2) is 8.65. The first-order chi connectivity index (χ1) is 12.1. The molecule has 3 aromatic carbocycles. The quantitative estimate of drug-likeness (QED) is 0.355. The van der Waals surface area contributed by atoms with Crippen LogP contribution in [0.1, 0.15) is 11.1 Å². The molecule has 0 N–H and O–H groups in total. The lowest BCUT2D eigenvalue weighted by molar-refractivity contribution is 0.304. The van der Waals surface area contributed by atoms with E-state index < -0.39 is 0 Å². The average molecular weight is 480 g/mol. The van der Waals surface area contributed by atoms with Gasteiger partial charge >= 0.3 is 0 Å². The van der Waals surface area contributed by atoms with Gasteiger partial charge < -0.3 is 4.74 Å². The summed E-state index contributed by atoms with van der Waals surface area (Å²) in [7, 11) is 0. The van der Waals surface area contributed by atoms with E-state index in [4.69, 9.17) is 16.3 Å². The van der Waals surface area contributed by atoms with Crippen LogP contribution in [-0.2, 0) is 6.61 Å². The summed E-state index contributed by atoms with van der Waals surface area (Å²) in [5.74, 6) is 0.739. The summed E-state index contributed by atoms with van der Waals surface area (Å²) in [6.07, 6.45) is 1.80. The van der Waals surface area contributed by atoms with Gasteiger partial charge in [-0.3, -0.25) is 4.99 Å². The zero-order valence-corrected chi connectivity index (χ0v) is 17.1. The van der Waals surface area contributed by atoms with Gasteiger partial charge in [0.2, 0.25) is 0 Å². The van der Waals surface area contributed by atoms with Crippen LogP contribution in [0.5, 0.6) is 5.75 Å². The van der Waals surface area contributed by atoms with Gasteiger partial charge in [0, 0.05) is 21.3 Å². The number of hydrogen-bond acceptors (Lipinski definition) is 2. The normalized spacial score (nSPS) is 11.0. The van der Waals surface area contributed by atoms with Crippen molar-refractivity contribution in [3.8, 4) is 5.75 Å². The van der Waals surface area contributed by atoms with E-state index >= 15 is 0 Å². The largest absolute Gasteiger partial charge is 0.487 e. The standard InChI is InChI=1S/C20H14Br2ClNO/c21-16-10-15(12-24-18-7-2-1-3-8-18)20(19(22)11-16)25-13-14-5-4-6-17(23)9-14/h1-12H,13H2. The molecule has 0 amide bonds. The molecule has 0 atom stereocenters. The van der Waals surface area contributed by atoms with Crippen molar-refractivity contribution in [2.75, 3.05) is 0 Å². The summed E-state index contributed by atoms with van der Waals surface area (Å²) in [5, 5.41) is 0.696. The maximum atomic E-state index is 6.04. The number of rotatable bonds is 5. The van der Waals surface area contributed by atoms with Crippen molar-refractivity contribution in [2.45, 2.75) is 6.61 Å². The van der Waals surface area contributed by atoms with Crippen molar-refractivity contribution in [2.24, 2.45) is 4.99 Å². The first kappa shape index (κ1) is 18.2. The summed E-state index contributed by atoms with van der Waals surface area (Å²) in [6, 6.07) is 21.4. The Labute approximate surface area is 168 Å². The lowest BCUT2D eigenvalue weighted by Crippen LogP contribution is -1.99. The minimum Gasteiger partial charge on any atom is -0.487 e. The van der Waals surface area contributed by atoms with E-state index in [1.165, 1.54) is 0 Å². The molecule has 0 unspecified atom stereocenters. The molecular weight excluding hydrogens is 465 g/mol. The molecule has 2 nitrogen and oxygen atoms in total. The molecule has 126 valence electrons. The Bertz CT molecular complexity index is 897. The van der Waals surface area contributed by atoms with Gasteiger partial charge in [0.25, 0.3) is 0 Å². The van der Waals surface area contributed by atoms with Gasteiger partial charge in [-0.15, -0.1) is 0 Å². The monoisotopic (exact) mass is 477 g/mol. The van der Waals surface area contributed by atoms with E-state index in [-0.39, 0.29) is 0 Å². The molecular formula is C20H14Br2ClNO. The fraction of sp³-hybridized carbons (Fsp3) is 0.0500. The lowest BCUT2D eigenvalue weighted by atomic mass is 10.2. The number of benzene rings is 3. The highest BCUT2D eigenvalue weighted by Crippen LogP contribution is 2.33. The van der Waals surface area contributed by atoms with Crippen molar-refractivity contribution in [3.05, 3.63) is 91.8 Å². The molecule has 3 aromatic rings. The molecule has 5 heteroatoms. The van der Waals surface area contributed by atoms with Crippen molar-refractivity contribution in [3.63, 3.8) is 0 Å². The smallest absolute Gasteiger partial charge is 0.142 e. The molecule has 0 fully saturated rings. The molecule has 0 aliphatic carbocycles. The van der Waals surface area contributed by atoms with Gasteiger partial charge in [-0.25, -0.2) is 0 Å². The molecule has 0 bridgehead atoms. The Kier molecular flexibility index (Phi) is 6.29. The minimum absolute atomic E-state index is 0.424. The van der Waals surface area contributed by atoms with Gasteiger partial charge in [0.15, 0.2) is 0 Å². The van der Waals surface area contributed by atoms with E-state index in [1.54, 1.807) is 6.21 Å². The van der Waals surface area contributed by atoms with Crippen molar-refractivity contribution >= 4 is 55.4 Å². The number of hydrogen-bond donors (Lipinski definition) is 0. The van der Waals surface area contributed by atoms with Crippen molar-refractivity contribution in [1.82, 2.24) is 0 Å². The highest BCUT2D eigenvalue weighted by atomic mass is 79.9. The molecule has 0 saturated heterocycles. The molecule has 0 aliphatic rings. The molecule has 0 saturated carbocycles. The van der Waals surface area contributed by atoms with Gasteiger partial charge in [0.05, 0.1) is 10.2 Å². The van der Waals surface area contributed by atoms with E-state index in [0.29, 0.717) is 11.6 Å². The number of para-hydroxylation sites is 1. The van der Waals surface area contributed by atoms with Crippen LogP contribution in [0.3, 0.4) is 0 Å². The van der Waals surface area contributed by atoms with Gasteiger partial charge in [-0.05, 0) is 57.9 Å². The first-order valence-electron chi connectivity index (χ1n) is 7.57. The fourth-order valence-corrected chi connectivity index (χ4v) is 3.85. The molecule has 0 radical (unpaired) electrons. The Morgan fingerprint density at radius 2 is 1.76 bits per heavy atom. The molecule has 3 rings (SSSR count). The molecule has 0 spiro atoms. The third kappa shape index (κ3) is 5.18. The topological polar surface area (TPSA) is 21.6 Å². The summed E-state index contributed by atoms with van der Waals surface area (Å²) in [5.41, 5.74) is 2.78. The van der Waals surface area contributed by atoms with Crippen molar-refractivity contribution < 1.29 is 4.74 Å². The van der Waals surface area contributed by atoms with Crippen LogP contribution in [0.25, 0.3) is 0 Å². The number of ether oxygens (including phenoxy) is 1. The van der Waals surface area contributed by atoms with Gasteiger partial charge in [-0.1, -0.05) is 57.9 Å². The second-order valence-electron chi connectivity index (χ2n) is 5.32. The van der Waals surface area contributed by atoms with Crippen LogP contribution < -0.4 is 4.74 Å². The first-order valence-corrected chi connectivity index (χ1v) is 9.53. The number of nitrogens with zero attached hydrogens (tertiary/aromatic N) is 1. The number of halogens is 3. The van der Waals surface area contributed by atoms with Gasteiger partial charge in [0.1, 0.15) is 12.4 Å². The Morgan fingerprint density at radius 1 is 0.960 bits per heavy atom. The number of aliphatic imine (C=N–C) groups is 1. The molecule has 0 aromatic heterocycles. The zero-order valence-electron chi connectivity index (χ0n) is 13.1. The Hall–Kier alpha value is -1.62. The highest BCUT2D eigenvalue weighted by molar-refractivity contribution is 9.11. The summed E-state index contributed by atoms with van der Waals surface area (Å²) in [4.78, 5) is 4.52. The Morgan fingerprint density at radius 3 is 2.52 bits per heavy atom. The van der Waals surface area contributed by atoms with E-state index in [9.17, 15) is 0 Å². The third-order valence-electron chi connectivity index (χ3n) is 3.42. The zero-order chi connectivity index (χ0) is 17.6. The van der Waals surface area contributed by atoms with Crippen molar-refractivity contribution in [1.29, 1.82) is 0 Å². The van der Waals surface area contributed by atoms with Crippen LogP contribution in [0, 0.1) is 0 Å². The van der Waals surface area contributed by atoms with E-state index in [0.717, 1.165) is 31.5 Å². The summed E-state index contributed by atoms with van der Waals surface area (Å²) in [6.45, 7) is 0.424. The van der Waals surface area contributed by atoms with Gasteiger partial charge in [-0.2, -0.15) is 0 Å². The Balaban J connectivity index is 1.86. The molecule has 25 heavy (non-hydrogen) atoms. The van der Waals surface area contributed by atoms with E-state index in [2.05, 4.69) is 36.9 Å². The predicted molar refractivity (Wildman–Crippen MR) is 111 cm³/mol. The maximum absolute atomic E-state index is 6.04. The second-order valence-corrected chi connectivity index (χ2v) is 7.52. The van der Waals surface area contributed by atoms with Crippen LogP contribution in [0.15, 0.2) is 80.7 Å².